The third-order valence-corrected chi connectivity index (χ3v) is 1.76. The van der Waals surface area contributed by atoms with Crippen LogP contribution in [0.15, 0.2) is 6.33 Å². The van der Waals surface area contributed by atoms with Gasteiger partial charge in [0.2, 0.25) is 0 Å². The molecule has 0 amide bonds. The molecule has 0 saturated carbocycles. The van der Waals surface area contributed by atoms with E-state index in [1.165, 1.54) is 0 Å². The van der Waals surface area contributed by atoms with Crippen LogP contribution in [0.2, 0.25) is 0 Å². The van der Waals surface area contributed by atoms with E-state index in [0.717, 1.165) is 13.1 Å². The third-order valence-electron chi connectivity index (χ3n) is 1.76. The molecule has 0 unspecified atom stereocenters. The maximum atomic E-state index is 8.75. The summed E-state index contributed by atoms with van der Waals surface area (Å²) >= 11 is 0. The molecule has 1 aromatic rings. The number of likely N-dealkylation sites (N-methyl/N-ethyl adjacent to an activating group) is 1. The third kappa shape index (κ3) is 2.20. The highest BCUT2D eigenvalue weighted by molar-refractivity contribution is 5.43. The summed E-state index contributed by atoms with van der Waals surface area (Å²) in [5.41, 5.74) is 5.94. The standard InChI is InChI=1S/C8H13N5/c1-12(2)3-4-13-6-11-8(10)7(13)5-9/h6H,3-4,10H2,1-2H3. The van der Waals surface area contributed by atoms with Gasteiger partial charge in [0, 0.05) is 13.1 Å². The Balaban J connectivity index is 2.73. The van der Waals surface area contributed by atoms with Crippen LogP contribution in [0.3, 0.4) is 0 Å². The molecule has 1 heterocycles. The first-order valence-electron chi connectivity index (χ1n) is 4.00. The molecule has 0 aliphatic heterocycles. The number of nitrogens with two attached hydrogens (primary N) is 1. The number of nitrogens with zero attached hydrogens (tertiary/aromatic N) is 4. The highest BCUT2D eigenvalue weighted by Crippen LogP contribution is 2.06. The number of nitriles is 1. The molecule has 0 spiro atoms. The molecule has 0 fully saturated rings. The Bertz CT molecular complexity index is 320. The van der Waals surface area contributed by atoms with E-state index in [-0.39, 0.29) is 0 Å². The molecule has 5 heteroatoms. The minimum atomic E-state index is 0.307. The van der Waals surface area contributed by atoms with Crippen molar-refractivity contribution in [2.45, 2.75) is 6.54 Å². The van der Waals surface area contributed by atoms with E-state index in [2.05, 4.69) is 4.98 Å². The van der Waals surface area contributed by atoms with E-state index in [1.54, 1.807) is 10.9 Å². The van der Waals surface area contributed by atoms with Crippen LogP contribution in [0.25, 0.3) is 0 Å². The lowest BCUT2D eigenvalue weighted by molar-refractivity contribution is 0.383. The highest BCUT2D eigenvalue weighted by Gasteiger charge is 2.06. The summed E-state index contributed by atoms with van der Waals surface area (Å²) in [5.74, 6) is 0.307. The predicted octanol–water partition coefficient (Wildman–Crippen LogP) is -0.101. The van der Waals surface area contributed by atoms with Crippen LogP contribution in [-0.4, -0.2) is 35.1 Å². The van der Waals surface area contributed by atoms with Crippen LogP contribution >= 0.6 is 0 Å². The van der Waals surface area contributed by atoms with Gasteiger partial charge in [0.1, 0.15) is 6.07 Å². The van der Waals surface area contributed by atoms with Crippen LogP contribution in [0, 0.1) is 11.3 Å². The number of anilines is 1. The smallest absolute Gasteiger partial charge is 0.164 e. The van der Waals surface area contributed by atoms with Crippen LogP contribution < -0.4 is 5.73 Å². The molecule has 1 rings (SSSR count). The number of rotatable bonds is 3. The second-order valence-corrected chi connectivity index (χ2v) is 3.09. The summed E-state index contributed by atoms with van der Waals surface area (Å²) in [4.78, 5) is 5.90. The molecule has 0 bridgehead atoms. The van der Waals surface area contributed by atoms with Crippen molar-refractivity contribution in [1.29, 1.82) is 5.26 Å². The van der Waals surface area contributed by atoms with Crippen LogP contribution in [0.4, 0.5) is 5.82 Å². The first kappa shape index (κ1) is 9.55. The molecular formula is C8H13N5. The fourth-order valence-electron chi connectivity index (χ4n) is 0.997. The van der Waals surface area contributed by atoms with E-state index in [0.29, 0.717) is 11.5 Å². The Hall–Kier alpha value is -1.54. The topological polar surface area (TPSA) is 70.9 Å². The number of hydrogen-bond acceptors (Lipinski definition) is 4. The van der Waals surface area contributed by atoms with Gasteiger partial charge < -0.3 is 15.2 Å². The fraction of sp³-hybridized carbons (Fsp3) is 0.500. The normalized spacial score (nSPS) is 10.3. The Kier molecular flexibility index (Phi) is 2.88. The molecule has 0 aliphatic rings. The Labute approximate surface area is 77.4 Å². The van der Waals surface area contributed by atoms with Crippen LogP contribution in [0.5, 0.6) is 0 Å². The number of aromatic nitrogens is 2. The SMILES string of the molecule is CN(C)CCn1cnc(N)c1C#N. The first-order chi connectivity index (χ1) is 6.15. The van der Waals surface area contributed by atoms with Crippen molar-refractivity contribution in [2.24, 2.45) is 0 Å². The van der Waals surface area contributed by atoms with Gasteiger partial charge in [0.15, 0.2) is 11.5 Å². The summed E-state index contributed by atoms with van der Waals surface area (Å²) in [7, 11) is 3.96. The lowest BCUT2D eigenvalue weighted by Gasteiger charge is -2.09. The van der Waals surface area contributed by atoms with Crippen LogP contribution in [-0.2, 0) is 6.54 Å². The second-order valence-electron chi connectivity index (χ2n) is 3.09. The van der Waals surface area contributed by atoms with E-state index < -0.39 is 0 Å². The number of nitrogen functional groups attached to an aromatic ring is 1. The maximum absolute atomic E-state index is 8.75. The molecule has 0 radical (unpaired) electrons. The van der Waals surface area contributed by atoms with Gasteiger partial charge >= 0.3 is 0 Å². The van der Waals surface area contributed by atoms with Gasteiger partial charge in [0.25, 0.3) is 0 Å². The molecule has 70 valence electrons. The molecule has 0 aromatic carbocycles. The van der Waals surface area contributed by atoms with Crippen molar-refractivity contribution < 1.29 is 0 Å². The Morgan fingerprint density at radius 1 is 1.69 bits per heavy atom. The van der Waals surface area contributed by atoms with Crippen molar-refractivity contribution in [1.82, 2.24) is 14.5 Å². The van der Waals surface area contributed by atoms with Gasteiger partial charge in [-0.3, -0.25) is 0 Å². The second kappa shape index (κ2) is 3.92. The highest BCUT2D eigenvalue weighted by atomic mass is 15.1. The van der Waals surface area contributed by atoms with E-state index >= 15 is 0 Å². The molecular weight excluding hydrogens is 166 g/mol. The maximum Gasteiger partial charge on any atom is 0.164 e. The predicted molar refractivity (Wildman–Crippen MR) is 49.9 cm³/mol. The van der Waals surface area contributed by atoms with E-state index in [4.69, 9.17) is 11.0 Å². The zero-order valence-corrected chi connectivity index (χ0v) is 7.86. The van der Waals surface area contributed by atoms with Crippen molar-refractivity contribution in [3.05, 3.63) is 12.0 Å². The zero-order chi connectivity index (χ0) is 9.84. The van der Waals surface area contributed by atoms with Crippen molar-refractivity contribution in [3.8, 4) is 6.07 Å². The lowest BCUT2D eigenvalue weighted by atomic mass is 10.4. The minimum absolute atomic E-state index is 0.307. The quantitative estimate of drug-likeness (QED) is 0.703. The van der Waals surface area contributed by atoms with Gasteiger partial charge in [-0.25, -0.2) is 4.98 Å². The van der Waals surface area contributed by atoms with E-state index in [1.807, 2.05) is 25.1 Å². The Morgan fingerprint density at radius 3 is 2.92 bits per heavy atom. The lowest BCUT2D eigenvalue weighted by Crippen LogP contribution is -2.18. The number of imidazole rings is 1. The average Bonchev–Trinajstić information content (AvgIpc) is 2.42. The zero-order valence-electron chi connectivity index (χ0n) is 7.86. The number of hydrogen-bond donors (Lipinski definition) is 1. The molecule has 2 N–H and O–H groups in total. The molecule has 13 heavy (non-hydrogen) atoms. The van der Waals surface area contributed by atoms with Crippen molar-refractivity contribution in [2.75, 3.05) is 26.4 Å². The average molecular weight is 179 g/mol. The summed E-state index contributed by atoms with van der Waals surface area (Å²) in [5, 5.41) is 8.75. The van der Waals surface area contributed by atoms with Gasteiger partial charge in [-0.1, -0.05) is 0 Å². The first-order valence-corrected chi connectivity index (χ1v) is 4.00. The molecule has 1 aromatic heterocycles. The van der Waals surface area contributed by atoms with Gasteiger partial charge in [-0.05, 0) is 14.1 Å². The Morgan fingerprint density at radius 2 is 2.38 bits per heavy atom. The van der Waals surface area contributed by atoms with Gasteiger partial charge in [0.05, 0.1) is 6.33 Å². The van der Waals surface area contributed by atoms with Crippen molar-refractivity contribution >= 4 is 5.82 Å². The monoisotopic (exact) mass is 179 g/mol. The van der Waals surface area contributed by atoms with Gasteiger partial charge in [-0.15, -0.1) is 0 Å². The fourth-order valence-corrected chi connectivity index (χ4v) is 0.997. The molecule has 0 atom stereocenters. The van der Waals surface area contributed by atoms with E-state index in [9.17, 15) is 0 Å². The summed E-state index contributed by atoms with van der Waals surface area (Å²) in [6, 6.07) is 2.02. The largest absolute Gasteiger partial charge is 0.381 e. The summed E-state index contributed by atoms with van der Waals surface area (Å²) < 4.78 is 1.76. The van der Waals surface area contributed by atoms with Crippen LogP contribution in [0.1, 0.15) is 5.69 Å². The minimum Gasteiger partial charge on any atom is -0.381 e. The summed E-state index contributed by atoms with van der Waals surface area (Å²) in [6.07, 6.45) is 1.59. The molecule has 5 nitrogen and oxygen atoms in total. The molecule has 0 aliphatic carbocycles. The van der Waals surface area contributed by atoms with Gasteiger partial charge in [-0.2, -0.15) is 5.26 Å². The summed E-state index contributed by atoms with van der Waals surface area (Å²) in [6.45, 7) is 1.60. The van der Waals surface area contributed by atoms with Crippen molar-refractivity contribution in [3.63, 3.8) is 0 Å². The molecule has 0 saturated heterocycles.